The van der Waals surface area contributed by atoms with Gasteiger partial charge in [0.25, 0.3) is 0 Å². The summed E-state index contributed by atoms with van der Waals surface area (Å²) < 4.78 is 10.7. The predicted molar refractivity (Wildman–Crippen MR) is 115 cm³/mol. The summed E-state index contributed by atoms with van der Waals surface area (Å²) in [5.41, 5.74) is 3.70. The quantitative estimate of drug-likeness (QED) is 0.423. The molecule has 0 saturated heterocycles. The normalized spacial score (nSPS) is 13.0. The van der Waals surface area contributed by atoms with E-state index in [1.807, 2.05) is 78.9 Å². The van der Waals surface area contributed by atoms with Crippen molar-refractivity contribution >= 4 is 5.71 Å². The Balaban J connectivity index is 1.29. The lowest BCUT2D eigenvalue weighted by molar-refractivity contribution is 0.0403. The predicted octanol–water partition coefficient (Wildman–Crippen LogP) is 3.34. The Morgan fingerprint density at radius 2 is 1.60 bits per heavy atom. The van der Waals surface area contributed by atoms with Crippen LogP contribution in [0.25, 0.3) is 0 Å². The van der Waals surface area contributed by atoms with Crippen LogP contribution in [0.1, 0.15) is 16.7 Å². The maximum Gasteiger partial charge on any atom is 0.231 e. The van der Waals surface area contributed by atoms with Gasteiger partial charge in [0.15, 0.2) is 11.5 Å². The van der Waals surface area contributed by atoms with Crippen LogP contribution in [0.3, 0.4) is 0 Å². The number of aliphatic hydroxyl groups excluding tert-OH is 1. The highest BCUT2D eigenvalue weighted by Gasteiger charge is 2.13. The fourth-order valence-electron chi connectivity index (χ4n) is 3.14. The van der Waals surface area contributed by atoms with E-state index in [0.717, 1.165) is 33.9 Å². The molecule has 1 heterocycles. The molecule has 0 radical (unpaired) electrons. The highest BCUT2D eigenvalue weighted by atomic mass is 16.7. The summed E-state index contributed by atoms with van der Waals surface area (Å²) in [6.07, 6.45) is -0.685. The van der Waals surface area contributed by atoms with E-state index in [1.165, 1.54) is 0 Å². The Hall–Kier alpha value is -3.35. The highest BCUT2D eigenvalue weighted by Crippen LogP contribution is 2.32. The van der Waals surface area contributed by atoms with Crippen LogP contribution in [0.4, 0.5) is 0 Å². The second kappa shape index (κ2) is 9.91. The molecule has 2 N–H and O–H groups in total. The van der Waals surface area contributed by atoms with Gasteiger partial charge in [0, 0.05) is 24.2 Å². The fourth-order valence-corrected chi connectivity index (χ4v) is 3.14. The van der Waals surface area contributed by atoms with Crippen LogP contribution >= 0.6 is 0 Å². The van der Waals surface area contributed by atoms with E-state index in [4.69, 9.17) is 14.3 Å². The van der Waals surface area contributed by atoms with Crippen molar-refractivity contribution in [2.24, 2.45) is 5.16 Å². The molecule has 0 aromatic heterocycles. The summed E-state index contributed by atoms with van der Waals surface area (Å²) in [5, 5.41) is 17.8. The molecule has 0 fully saturated rings. The van der Waals surface area contributed by atoms with Crippen LogP contribution in [0, 0.1) is 0 Å². The molecular weight excluding hydrogens is 380 g/mol. The number of ether oxygens (including phenoxy) is 2. The lowest BCUT2D eigenvalue weighted by Crippen LogP contribution is -2.29. The first kappa shape index (κ1) is 19.9. The molecule has 0 bridgehead atoms. The fraction of sp³-hybridized carbons (Fsp3) is 0.208. The molecule has 154 valence electrons. The van der Waals surface area contributed by atoms with E-state index < -0.39 is 6.10 Å². The summed E-state index contributed by atoms with van der Waals surface area (Å²) in [6.45, 7) is 1.35. The zero-order chi connectivity index (χ0) is 20.6. The standard InChI is InChI=1S/C24H24N2O4/c27-21(15-25-14-18-11-12-22-23(13-18)29-17-28-22)16-30-26-24(19-7-3-1-4-8-19)20-9-5-2-6-10-20/h1-13,21,25,27H,14-17H2. The van der Waals surface area contributed by atoms with Gasteiger partial charge in [-0.15, -0.1) is 0 Å². The first-order valence-electron chi connectivity index (χ1n) is 9.88. The zero-order valence-corrected chi connectivity index (χ0v) is 16.5. The molecule has 1 aliphatic heterocycles. The molecule has 0 spiro atoms. The minimum absolute atomic E-state index is 0.0945. The van der Waals surface area contributed by atoms with Gasteiger partial charge in [0.05, 0.1) is 0 Å². The van der Waals surface area contributed by atoms with Crippen LogP contribution in [-0.2, 0) is 11.4 Å². The third kappa shape index (κ3) is 5.17. The molecule has 1 atom stereocenters. The molecule has 3 aromatic carbocycles. The number of aliphatic hydroxyl groups is 1. The summed E-state index contributed by atoms with van der Waals surface area (Å²) in [7, 11) is 0. The van der Waals surface area contributed by atoms with Crippen molar-refractivity contribution in [3.05, 3.63) is 95.6 Å². The van der Waals surface area contributed by atoms with Gasteiger partial charge >= 0.3 is 0 Å². The largest absolute Gasteiger partial charge is 0.454 e. The first-order valence-corrected chi connectivity index (χ1v) is 9.88. The molecule has 1 aliphatic rings. The lowest BCUT2D eigenvalue weighted by Gasteiger charge is -2.12. The minimum atomic E-state index is -0.685. The summed E-state index contributed by atoms with van der Waals surface area (Å²) >= 11 is 0. The maximum atomic E-state index is 10.2. The van der Waals surface area contributed by atoms with E-state index in [-0.39, 0.29) is 13.4 Å². The molecule has 30 heavy (non-hydrogen) atoms. The lowest BCUT2D eigenvalue weighted by atomic mass is 10.0. The molecule has 0 aliphatic carbocycles. The van der Waals surface area contributed by atoms with Gasteiger partial charge in [-0.25, -0.2) is 0 Å². The molecular formula is C24H24N2O4. The van der Waals surface area contributed by atoms with Crippen LogP contribution in [0.5, 0.6) is 11.5 Å². The van der Waals surface area contributed by atoms with Crippen LogP contribution in [0.2, 0.25) is 0 Å². The van der Waals surface area contributed by atoms with Crippen molar-refractivity contribution in [3.63, 3.8) is 0 Å². The molecule has 4 rings (SSSR count). The number of nitrogens with zero attached hydrogens (tertiary/aromatic N) is 1. The monoisotopic (exact) mass is 404 g/mol. The van der Waals surface area contributed by atoms with E-state index in [2.05, 4.69) is 10.5 Å². The first-order chi connectivity index (χ1) is 14.8. The number of nitrogens with one attached hydrogen (secondary N) is 1. The van der Waals surface area contributed by atoms with Gasteiger partial charge in [-0.3, -0.25) is 0 Å². The smallest absolute Gasteiger partial charge is 0.231 e. The number of oxime groups is 1. The molecule has 6 heteroatoms. The Morgan fingerprint density at radius 1 is 0.933 bits per heavy atom. The third-order valence-electron chi connectivity index (χ3n) is 4.66. The van der Waals surface area contributed by atoms with Gasteiger partial charge < -0.3 is 24.7 Å². The van der Waals surface area contributed by atoms with Gasteiger partial charge in [-0.2, -0.15) is 0 Å². The third-order valence-corrected chi connectivity index (χ3v) is 4.66. The van der Waals surface area contributed by atoms with Crippen LogP contribution in [0.15, 0.2) is 84.0 Å². The number of fused-ring (bicyclic) bond motifs is 1. The number of hydrogen-bond acceptors (Lipinski definition) is 6. The molecule has 0 saturated carbocycles. The van der Waals surface area contributed by atoms with E-state index in [0.29, 0.717) is 13.1 Å². The Morgan fingerprint density at radius 3 is 2.30 bits per heavy atom. The van der Waals surface area contributed by atoms with E-state index in [1.54, 1.807) is 0 Å². The van der Waals surface area contributed by atoms with Crippen LogP contribution < -0.4 is 14.8 Å². The Bertz CT molecular complexity index is 936. The molecule has 3 aromatic rings. The Labute approximate surface area is 175 Å². The van der Waals surface area contributed by atoms with E-state index in [9.17, 15) is 5.11 Å². The molecule has 1 unspecified atom stereocenters. The average molecular weight is 404 g/mol. The van der Waals surface area contributed by atoms with Crippen molar-refractivity contribution < 1.29 is 19.4 Å². The van der Waals surface area contributed by atoms with Crippen molar-refractivity contribution in [3.8, 4) is 11.5 Å². The van der Waals surface area contributed by atoms with Gasteiger partial charge in [0.2, 0.25) is 6.79 Å². The summed E-state index contributed by atoms with van der Waals surface area (Å²) in [5.74, 6) is 1.51. The highest BCUT2D eigenvalue weighted by molar-refractivity contribution is 6.12. The van der Waals surface area contributed by atoms with Gasteiger partial charge in [-0.1, -0.05) is 71.9 Å². The van der Waals surface area contributed by atoms with Crippen LogP contribution in [-0.4, -0.2) is 36.9 Å². The van der Waals surface area contributed by atoms with Crippen molar-refractivity contribution in [1.29, 1.82) is 0 Å². The SMILES string of the molecule is OC(CNCc1ccc2c(c1)OCO2)CON=C(c1ccccc1)c1ccccc1. The maximum absolute atomic E-state index is 10.2. The minimum Gasteiger partial charge on any atom is -0.454 e. The number of rotatable bonds is 9. The van der Waals surface area contributed by atoms with E-state index >= 15 is 0 Å². The number of benzene rings is 3. The Kier molecular flexibility index (Phi) is 6.59. The summed E-state index contributed by atoms with van der Waals surface area (Å²) in [4.78, 5) is 5.49. The van der Waals surface area contributed by atoms with Crippen molar-refractivity contribution in [2.45, 2.75) is 12.6 Å². The zero-order valence-electron chi connectivity index (χ0n) is 16.5. The van der Waals surface area contributed by atoms with Gasteiger partial charge in [-0.05, 0) is 17.7 Å². The molecule has 0 amide bonds. The summed E-state index contributed by atoms with van der Waals surface area (Å²) in [6, 6.07) is 25.5. The van der Waals surface area contributed by atoms with Crippen molar-refractivity contribution in [2.75, 3.05) is 19.9 Å². The average Bonchev–Trinajstić information content (AvgIpc) is 3.26. The molecule has 6 nitrogen and oxygen atoms in total. The topological polar surface area (TPSA) is 72.3 Å². The number of hydrogen-bond donors (Lipinski definition) is 2. The second-order valence-electron chi connectivity index (χ2n) is 6.94. The van der Waals surface area contributed by atoms with Gasteiger partial charge in [0.1, 0.15) is 18.4 Å². The second-order valence-corrected chi connectivity index (χ2v) is 6.94. The van der Waals surface area contributed by atoms with Crippen molar-refractivity contribution in [1.82, 2.24) is 5.32 Å².